The molecule has 0 spiro atoms. The minimum Gasteiger partial charge on any atom is -0.391 e. The standard InChI is InChI=1S/C43H69F5N14O9/c1-18(2)16-20(5)36(66)60-33(19(3)4)39(69)61-34(21(6)63)40(70)57-23(10-8-14-55-42(51)52)37(67)58-24(12-13-27(49)64)41(71)62(7)26(11-9-15-56-43(53)54)38(68)59-25(35(50)65)17-22-28(44)30(46)32(48)31(47)29(22)45/h18-21,23-26,33-34,63H,8-17H2,1-7H3,(H2,49,64)(H2,50,65)(H,57,70)(H,58,67)(H,59,68)(H,60,66)(H,61,69)(H4,51,52,55)(H4,53,54,56)/t20-,21+,23-,24-,25-,26-,33-,34-/m0/s1. The summed E-state index contributed by atoms with van der Waals surface area (Å²) in [5.74, 6) is -21.5. The molecule has 1 aromatic carbocycles. The van der Waals surface area contributed by atoms with Gasteiger partial charge in [0.15, 0.2) is 35.2 Å². The van der Waals surface area contributed by atoms with Gasteiger partial charge in [-0.2, -0.15) is 0 Å². The predicted molar refractivity (Wildman–Crippen MR) is 249 cm³/mol. The van der Waals surface area contributed by atoms with Gasteiger partial charge in [-0.25, -0.2) is 22.0 Å². The lowest BCUT2D eigenvalue weighted by Gasteiger charge is -2.32. The van der Waals surface area contributed by atoms with Gasteiger partial charge in [0.1, 0.15) is 36.3 Å². The van der Waals surface area contributed by atoms with Crippen LogP contribution in [0.5, 0.6) is 0 Å². The molecule has 0 bridgehead atoms. The zero-order valence-electron chi connectivity index (χ0n) is 40.8. The first-order valence-corrected chi connectivity index (χ1v) is 22.6. The van der Waals surface area contributed by atoms with E-state index in [-0.39, 0.29) is 56.6 Å². The van der Waals surface area contributed by atoms with Gasteiger partial charge in [-0.15, -0.1) is 0 Å². The van der Waals surface area contributed by atoms with Crippen LogP contribution in [0.25, 0.3) is 0 Å². The van der Waals surface area contributed by atoms with E-state index >= 15 is 0 Å². The fourth-order valence-electron chi connectivity index (χ4n) is 7.06. The minimum absolute atomic E-state index is 0.00185. The van der Waals surface area contributed by atoms with Gasteiger partial charge in [-0.05, 0) is 57.3 Å². The number of halogens is 5. The van der Waals surface area contributed by atoms with Crippen molar-refractivity contribution in [2.75, 3.05) is 20.1 Å². The Morgan fingerprint density at radius 3 is 1.51 bits per heavy atom. The van der Waals surface area contributed by atoms with Crippen LogP contribution in [0.2, 0.25) is 0 Å². The fourth-order valence-corrected chi connectivity index (χ4v) is 7.06. The molecule has 0 aliphatic rings. The van der Waals surface area contributed by atoms with Gasteiger partial charge in [-0.1, -0.05) is 34.6 Å². The van der Waals surface area contributed by atoms with Crippen LogP contribution >= 0.6 is 0 Å². The number of aliphatic imine (C=N–C) groups is 2. The van der Waals surface area contributed by atoms with Crippen LogP contribution in [-0.2, 0) is 44.8 Å². The molecule has 28 heteroatoms. The minimum atomic E-state index is -2.49. The van der Waals surface area contributed by atoms with E-state index in [0.29, 0.717) is 6.42 Å². The Morgan fingerprint density at radius 2 is 1.04 bits per heavy atom. The van der Waals surface area contributed by atoms with Crippen molar-refractivity contribution in [3.8, 4) is 0 Å². The summed E-state index contributed by atoms with van der Waals surface area (Å²) >= 11 is 0. The molecule has 8 amide bonds. The molecule has 0 aliphatic carbocycles. The molecule has 0 aromatic heterocycles. The van der Waals surface area contributed by atoms with E-state index in [4.69, 9.17) is 34.4 Å². The number of aliphatic hydroxyl groups is 1. The van der Waals surface area contributed by atoms with Crippen molar-refractivity contribution in [1.29, 1.82) is 0 Å². The average Bonchev–Trinajstić information content (AvgIpc) is 3.27. The van der Waals surface area contributed by atoms with E-state index in [1.807, 2.05) is 13.8 Å². The number of hydrogen-bond donors (Lipinski definition) is 12. The summed E-state index contributed by atoms with van der Waals surface area (Å²) in [5, 5.41) is 22.7. The Morgan fingerprint density at radius 1 is 0.577 bits per heavy atom. The number of nitrogens with zero attached hydrogens (tertiary/aromatic N) is 3. The molecule has 0 radical (unpaired) electrons. The Bertz CT molecular complexity index is 2090. The number of guanidine groups is 2. The quantitative estimate of drug-likeness (QED) is 0.00970. The number of carbonyl (C=O) groups is 8. The highest BCUT2D eigenvalue weighted by Gasteiger charge is 2.38. The van der Waals surface area contributed by atoms with Gasteiger partial charge in [-0.3, -0.25) is 48.3 Å². The Balaban J connectivity index is 3.67. The van der Waals surface area contributed by atoms with Crippen molar-refractivity contribution in [2.45, 2.75) is 135 Å². The maximum Gasteiger partial charge on any atom is 0.245 e. The summed E-state index contributed by atoms with van der Waals surface area (Å²) in [6.07, 6.45) is -4.20. The molecule has 400 valence electrons. The first-order chi connectivity index (χ1) is 32.9. The summed E-state index contributed by atoms with van der Waals surface area (Å²) in [4.78, 5) is 116. The Hall–Kier alpha value is -6.87. The monoisotopic (exact) mass is 1020 g/mol. The largest absolute Gasteiger partial charge is 0.391 e. The van der Waals surface area contributed by atoms with Crippen LogP contribution in [0.3, 0.4) is 0 Å². The number of rotatable bonds is 30. The molecule has 0 heterocycles. The van der Waals surface area contributed by atoms with E-state index in [1.54, 1.807) is 20.8 Å². The van der Waals surface area contributed by atoms with Crippen molar-refractivity contribution in [1.82, 2.24) is 31.5 Å². The summed E-state index contributed by atoms with van der Waals surface area (Å²) in [7, 11) is 1.04. The number of hydrogen-bond acceptors (Lipinski definition) is 11. The van der Waals surface area contributed by atoms with Crippen molar-refractivity contribution in [3.63, 3.8) is 0 Å². The highest BCUT2D eigenvalue weighted by atomic mass is 19.2. The second-order valence-corrected chi connectivity index (χ2v) is 17.7. The molecule has 0 fully saturated rings. The van der Waals surface area contributed by atoms with Crippen LogP contribution in [0, 0.1) is 46.8 Å². The molecule has 0 aliphatic heterocycles. The van der Waals surface area contributed by atoms with Crippen molar-refractivity contribution in [3.05, 3.63) is 34.6 Å². The number of benzene rings is 1. The number of primary amides is 2. The lowest BCUT2D eigenvalue weighted by Crippen LogP contribution is -2.62. The number of nitrogens with two attached hydrogens (primary N) is 6. The highest BCUT2D eigenvalue weighted by molar-refractivity contribution is 5.97. The second kappa shape index (κ2) is 29.3. The first kappa shape index (κ1) is 62.1. The summed E-state index contributed by atoms with van der Waals surface area (Å²) in [6.45, 7) is 9.77. The smallest absolute Gasteiger partial charge is 0.245 e. The molecule has 0 unspecified atom stereocenters. The van der Waals surface area contributed by atoms with Crippen LogP contribution in [0.1, 0.15) is 92.1 Å². The number of amides is 8. The number of nitrogens with one attached hydrogen (secondary N) is 5. The van der Waals surface area contributed by atoms with E-state index in [9.17, 15) is 65.4 Å². The maximum atomic E-state index is 14.6. The molecule has 1 rings (SSSR count). The maximum absolute atomic E-state index is 14.6. The summed E-state index contributed by atoms with van der Waals surface area (Å²) in [5.41, 5.74) is 30.9. The number of likely N-dealkylation sites (N-methyl/N-ethyl adjacent to an activating group) is 1. The van der Waals surface area contributed by atoms with Crippen molar-refractivity contribution >= 4 is 59.2 Å². The molecule has 23 nitrogen and oxygen atoms in total. The highest BCUT2D eigenvalue weighted by Crippen LogP contribution is 2.24. The lowest BCUT2D eigenvalue weighted by molar-refractivity contribution is -0.143. The molecule has 8 atom stereocenters. The SMILES string of the molecule is CC(C)C[C@H](C)C(=O)N[C@H](C(=O)N[C@H](C(=O)N[C@@H](CCCN=C(N)N)C(=O)N[C@@H](CCC(N)=O)C(=O)N(C)[C@@H](CCCN=C(N)N)C(=O)N[C@@H](Cc1c(F)c(F)c(F)c(F)c1F)C(N)=O)[C@@H](C)O)C(C)C. The van der Waals surface area contributed by atoms with Crippen LogP contribution < -0.4 is 61.0 Å². The third-order valence-electron chi connectivity index (χ3n) is 10.9. The van der Waals surface area contributed by atoms with E-state index in [2.05, 4.69) is 36.6 Å². The van der Waals surface area contributed by atoms with Crippen LogP contribution in [0.4, 0.5) is 22.0 Å². The summed E-state index contributed by atoms with van der Waals surface area (Å²) in [6, 6.07) is -10.1. The predicted octanol–water partition coefficient (Wildman–Crippen LogP) is -2.25. The molecule has 18 N–H and O–H groups in total. The third-order valence-corrected chi connectivity index (χ3v) is 10.9. The molecule has 1 aromatic rings. The second-order valence-electron chi connectivity index (χ2n) is 17.7. The summed E-state index contributed by atoms with van der Waals surface area (Å²) < 4.78 is 71.1. The number of aliphatic hydroxyl groups excluding tert-OH is 1. The van der Waals surface area contributed by atoms with Crippen LogP contribution in [-0.4, -0.2) is 132 Å². The van der Waals surface area contributed by atoms with Gasteiger partial charge < -0.3 is 71.0 Å². The van der Waals surface area contributed by atoms with E-state index < -0.39 is 155 Å². The molecule has 0 saturated heterocycles. The first-order valence-electron chi connectivity index (χ1n) is 22.6. The number of carbonyl (C=O) groups excluding carboxylic acids is 8. The molecule has 71 heavy (non-hydrogen) atoms. The Kier molecular flexibility index (Phi) is 25.7. The van der Waals surface area contributed by atoms with E-state index in [1.165, 1.54) is 6.92 Å². The topological polar surface area (TPSA) is 401 Å². The van der Waals surface area contributed by atoms with Gasteiger partial charge in [0.25, 0.3) is 0 Å². The van der Waals surface area contributed by atoms with Gasteiger partial charge in [0.05, 0.1) is 6.10 Å². The normalized spacial score (nSPS) is 14.6. The van der Waals surface area contributed by atoms with Crippen molar-refractivity contribution in [2.24, 2.45) is 62.1 Å². The van der Waals surface area contributed by atoms with Gasteiger partial charge >= 0.3 is 0 Å². The third kappa shape index (κ3) is 20.2. The average molecular weight is 1020 g/mol. The van der Waals surface area contributed by atoms with Crippen LogP contribution in [0.15, 0.2) is 9.98 Å². The molecular formula is C43H69F5N14O9. The molecule has 0 saturated carbocycles. The lowest BCUT2D eigenvalue weighted by atomic mass is 9.96. The zero-order chi connectivity index (χ0) is 54.6. The van der Waals surface area contributed by atoms with Crippen molar-refractivity contribution < 1.29 is 65.4 Å². The zero-order valence-corrected chi connectivity index (χ0v) is 40.8. The Labute approximate surface area is 407 Å². The van der Waals surface area contributed by atoms with Gasteiger partial charge in [0, 0.05) is 44.5 Å². The molecular weight excluding hydrogens is 952 g/mol. The van der Waals surface area contributed by atoms with E-state index in [0.717, 1.165) is 11.9 Å². The van der Waals surface area contributed by atoms with Gasteiger partial charge in [0.2, 0.25) is 53.1 Å². The fraction of sp³-hybridized carbons (Fsp3) is 0.628.